The molecule has 0 radical (unpaired) electrons. The van der Waals surface area contributed by atoms with Crippen molar-refractivity contribution in [2.24, 2.45) is 0 Å². The van der Waals surface area contributed by atoms with E-state index in [1.807, 2.05) is 350 Å². The van der Waals surface area contributed by atoms with Crippen LogP contribution in [0.3, 0.4) is 0 Å². The molecule has 16 rings (SSSR count). The Morgan fingerprint density at radius 3 is 1.01 bits per heavy atom. The number of rotatable bonds is 15. The van der Waals surface area contributed by atoms with Crippen LogP contribution in [0.25, 0.3) is 43.6 Å². The summed E-state index contributed by atoms with van der Waals surface area (Å²) in [5.74, 6) is 0.914. The molecule has 0 saturated carbocycles. The predicted molar refractivity (Wildman–Crippen MR) is 616 cm³/mol. The molecule has 0 aliphatic heterocycles. The molecule has 1 aliphatic carbocycles. The summed E-state index contributed by atoms with van der Waals surface area (Å²) in [6, 6.07) is 103. The van der Waals surface area contributed by atoms with Gasteiger partial charge in [0.15, 0.2) is 17.3 Å². The third-order valence-electron chi connectivity index (χ3n) is 18.5. The van der Waals surface area contributed by atoms with E-state index in [0.29, 0.717) is 11.4 Å². The number of aryl methyl sites for hydroxylation is 8. The quantitative estimate of drug-likeness (QED) is 0.0558. The summed E-state index contributed by atoms with van der Waals surface area (Å²) in [5.41, 5.74) is 23.6. The van der Waals surface area contributed by atoms with Gasteiger partial charge >= 0.3 is 0 Å². The van der Waals surface area contributed by atoms with Crippen LogP contribution in [0.5, 0.6) is 0 Å². The zero-order valence-corrected chi connectivity index (χ0v) is 84.9. The Kier molecular flexibility index (Phi) is 93.8. The Hall–Kier alpha value is -12.3. The highest BCUT2D eigenvalue weighted by Crippen LogP contribution is 2.28. The first-order chi connectivity index (χ1) is 63.7. The van der Waals surface area contributed by atoms with Gasteiger partial charge in [0.2, 0.25) is 0 Å². The number of para-hydroxylation sites is 4. The normalized spacial score (nSPS) is 9.07. The summed E-state index contributed by atoms with van der Waals surface area (Å²) in [4.78, 5) is 75.1. The second-order valence-electron chi connectivity index (χ2n) is 26.2. The molecule has 1 aliphatic rings. The van der Waals surface area contributed by atoms with Crippen LogP contribution in [0.1, 0.15) is 362 Å². The van der Waals surface area contributed by atoms with E-state index in [4.69, 9.17) is 21.6 Å². The summed E-state index contributed by atoms with van der Waals surface area (Å²) in [7, 11) is 0. The summed E-state index contributed by atoms with van der Waals surface area (Å²) in [6.45, 7) is 55.2. The molecule has 0 unspecified atom stereocenters. The van der Waals surface area contributed by atoms with Crippen molar-refractivity contribution in [3.63, 3.8) is 0 Å². The minimum Gasteiger partial charge on any atom is -0.298 e. The van der Waals surface area contributed by atoms with Gasteiger partial charge in [-0.25, -0.2) is 0 Å². The molecule has 0 atom stereocenters. The molecule has 10 heteroatoms. The highest BCUT2D eigenvalue weighted by atomic mass is 35.5. The lowest BCUT2D eigenvalue weighted by Gasteiger charge is -2.09. The van der Waals surface area contributed by atoms with Gasteiger partial charge in [-0.05, 0) is 171 Å². The summed E-state index contributed by atoms with van der Waals surface area (Å²) in [6.07, 6.45) is 8.72. The molecule has 11 aromatic carbocycles. The van der Waals surface area contributed by atoms with Crippen LogP contribution in [-0.4, -0.2) is 49.9 Å². The van der Waals surface area contributed by atoms with Crippen molar-refractivity contribution < 1.29 is 24.0 Å². The topological polar surface area (TPSA) is 137 Å². The lowest BCUT2D eigenvalue weighted by Crippen LogP contribution is -2.05. The van der Waals surface area contributed by atoms with E-state index < -0.39 is 0 Å². The van der Waals surface area contributed by atoms with Gasteiger partial charge in [0.05, 0.1) is 22.1 Å². The van der Waals surface area contributed by atoms with E-state index in [1.54, 1.807) is 26.0 Å². The van der Waals surface area contributed by atoms with E-state index >= 15 is 0 Å². The third-order valence-corrected chi connectivity index (χ3v) is 18.8. The summed E-state index contributed by atoms with van der Waals surface area (Å²) in [5, 5.41) is 4.70. The first-order valence-corrected chi connectivity index (χ1v) is 48.3. The predicted octanol–water partition coefficient (Wildman–Crippen LogP) is 38.5. The number of hydrogen-bond donors (Lipinski definition) is 0. The van der Waals surface area contributed by atoms with Gasteiger partial charge in [-0.3, -0.25) is 43.9 Å². The fourth-order valence-corrected chi connectivity index (χ4v) is 12.8. The lowest BCUT2D eigenvalue weighted by molar-refractivity contribution is 0.100. The monoisotopic (exact) mass is 1880 g/mol. The average molecular weight is 1880 g/mol. The Morgan fingerprint density at radius 1 is 0.292 bits per heavy atom. The van der Waals surface area contributed by atoms with Gasteiger partial charge in [0, 0.05) is 96.4 Å². The van der Waals surface area contributed by atoms with Crippen molar-refractivity contribution in [3.05, 3.63) is 416 Å². The summed E-state index contributed by atoms with van der Waals surface area (Å²) < 4.78 is 0. The molecule has 9 nitrogen and oxygen atoms in total. The maximum atomic E-state index is 13.1. The molecule has 748 valence electrons. The van der Waals surface area contributed by atoms with Crippen molar-refractivity contribution in [2.75, 3.05) is 0 Å². The average Bonchev–Trinajstić information content (AvgIpc) is 1.73. The highest BCUT2D eigenvalue weighted by molar-refractivity contribution is 6.17. The van der Waals surface area contributed by atoms with Crippen molar-refractivity contribution in [1.29, 1.82) is 0 Å². The largest absolute Gasteiger partial charge is 0.298 e. The van der Waals surface area contributed by atoms with Crippen LogP contribution in [0.15, 0.2) is 309 Å². The van der Waals surface area contributed by atoms with Crippen LogP contribution in [-0.2, 0) is 57.2 Å². The Labute approximate surface area is 842 Å². The Bertz CT molecular complexity index is 5520. The van der Waals surface area contributed by atoms with Crippen LogP contribution < -0.4 is 0 Å². The number of pyridine rings is 4. The first-order valence-electron chi connectivity index (χ1n) is 47.7. The number of Topliss-reactive ketones (excluding diaryl/α,β-unsaturated/α-hetero) is 2. The van der Waals surface area contributed by atoms with Gasteiger partial charge in [-0.1, -0.05) is 473 Å². The first kappa shape index (κ1) is 143. The van der Waals surface area contributed by atoms with Gasteiger partial charge in [-0.15, -0.1) is 11.6 Å². The zero-order valence-electron chi connectivity index (χ0n) is 84.2. The van der Waals surface area contributed by atoms with Crippen LogP contribution in [0.4, 0.5) is 0 Å². The van der Waals surface area contributed by atoms with Crippen molar-refractivity contribution >= 4 is 85.1 Å². The number of alkyl halides is 1. The number of carbonyl (C=O) groups excluding carboxylic acids is 5. The van der Waals surface area contributed by atoms with E-state index in [1.165, 1.54) is 32.8 Å². The van der Waals surface area contributed by atoms with Gasteiger partial charge in [0.1, 0.15) is 12.6 Å². The molecule has 0 N–H and O–H groups in total. The third kappa shape index (κ3) is 51.5. The molecule has 15 aromatic rings. The standard InChI is InChI=1S/C26H23NO.C25H19NO.C18H15NO.C10H9N.C9H10O.C8H7ClO.12C2H6.7CH4/c1-19(28)25-8-4-2-6-22(25)15-14-20-10-12-21(13-11-20)18-24-17-16-23-7-3-5-9-26(23)27-24;27-25-22-7-3-1-5-18(22)11-12-19-10-9-17(16-23(19)25)15-21-14-13-20-6-2-4-8-24(20)26-21;20-13-15-7-5-14(6-8-15)9-11-17-12-10-16-3-1-2-4-18(16)19-17;1-8-6-7-9-4-2-3-5-10(9)11-8;1-7-5-3-4-6-9(7)8(2)10;9-5-7-1-3-8(6-10)4-2-7;12*1-2;;;;;;;/h2-13,16-17H,14-15,18H2,1H3;1-10,13-14,16H,11-12,15H2;1-8,10,12-13H,9,11H2;2-7H,1H3;3-6H,1-2H3;1-4,6H,5H2;12*1-2H3;7*1H4. The highest BCUT2D eigenvalue weighted by Gasteiger charge is 2.21. The number of nitrogens with zero attached hydrogens (tertiary/aromatic N) is 4. The zero-order chi connectivity index (χ0) is 98.0. The van der Waals surface area contributed by atoms with Gasteiger partial charge in [-0.2, -0.15) is 0 Å². The Morgan fingerprint density at radius 2 is 0.606 bits per heavy atom. The molecule has 137 heavy (non-hydrogen) atoms. The second kappa shape index (κ2) is 90.2. The molecule has 0 spiro atoms. The fourth-order valence-electron chi connectivity index (χ4n) is 12.7. The molecule has 4 heterocycles. The van der Waals surface area contributed by atoms with Crippen molar-refractivity contribution in [1.82, 2.24) is 19.9 Å². The van der Waals surface area contributed by atoms with Gasteiger partial charge in [0.25, 0.3) is 0 Å². The number of ketones is 3. The number of aldehydes is 2. The lowest BCUT2D eigenvalue weighted by atomic mass is 9.95. The van der Waals surface area contributed by atoms with E-state index in [9.17, 15) is 24.0 Å². The minimum absolute atomic E-state index is 0. The molecule has 0 bridgehead atoms. The molecule has 0 fully saturated rings. The van der Waals surface area contributed by atoms with E-state index in [-0.39, 0.29) is 69.3 Å². The maximum absolute atomic E-state index is 13.1. The number of carbonyl (C=O) groups is 5. The number of hydrogen-bond acceptors (Lipinski definition) is 9. The van der Waals surface area contributed by atoms with Crippen molar-refractivity contribution in [2.45, 2.75) is 303 Å². The summed E-state index contributed by atoms with van der Waals surface area (Å²) >= 11 is 5.53. The number of aromatic nitrogens is 4. The fraction of sp³-hybridized carbons (Fsp3) is 0.346. The second-order valence-corrected chi connectivity index (χ2v) is 26.5. The SMILES string of the molecule is C.C.C.C.C.C.C.CC.CC.CC.CC.CC.CC.CC.CC.CC.CC.CC.CC.CC(=O)c1ccccc1C.CC(=O)c1ccccc1CCc1ccc(Cc2ccc3ccccc3n2)cc1.Cc1ccc2ccccc2n1.O=C1c2ccccc2CCc2ccc(Cc3ccc4ccccc4n3)cc21.O=Cc1ccc(CCc2ccc3ccccc3n2)cc1.O=Cc1ccc(CCl)cc1. The molecular weight excluding hydrogens is 1700 g/mol. The maximum Gasteiger partial charge on any atom is 0.193 e. The van der Waals surface area contributed by atoms with E-state index in [0.717, 1.165) is 175 Å². The van der Waals surface area contributed by atoms with Crippen LogP contribution in [0, 0.1) is 13.8 Å². The van der Waals surface area contributed by atoms with Crippen LogP contribution >= 0.6 is 11.6 Å². The molecular formula is C127H183ClN4O5. The number of benzene rings is 11. The smallest absolute Gasteiger partial charge is 0.193 e. The number of halogens is 1. The van der Waals surface area contributed by atoms with Gasteiger partial charge < -0.3 is 0 Å². The molecule has 0 saturated heterocycles. The van der Waals surface area contributed by atoms with Crippen LogP contribution in [0.2, 0.25) is 0 Å². The van der Waals surface area contributed by atoms with Crippen molar-refractivity contribution in [3.8, 4) is 0 Å². The Balaban J connectivity index is -0.000000200. The minimum atomic E-state index is 0. The number of fused-ring (bicyclic) bond motifs is 6. The molecule has 4 aromatic heterocycles. The molecule has 0 amide bonds. The van der Waals surface area contributed by atoms with E-state index in [2.05, 4.69) is 137 Å².